The Bertz CT molecular complexity index is 732. The van der Waals surface area contributed by atoms with Gasteiger partial charge in [0, 0.05) is 30.6 Å². The molecule has 0 saturated carbocycles. The Morgan fingerprint density at radius 2 is 2.25 bits per heavy atom. The summed E-state index contributed by atoms with van der Waals surface area (Å²) in [5, 5.41) is 3.09. The Hall–Kier alpha value is -2.63. The number of ether oxygens (including phenoxy) is 2. The molecule has 0 spiro atoms. The van der Waals surface area contributed by atoms with E-state index in [0.29, 0.717) is 12.1 Å². The first-order chi connectivity index (χ1) is 11.5. The molecule has 1 atom stereocenters. The van der Waals surface area contributed by atoms with Gasteiger partial charge in [-0.05, 0) is 32.0 Å². The fourth-order valence-corrected chi connectivity index (χ4v) is 2.92. The van der Waals surface area contributed by atoms with Crippen LogP contribution in [0.25, 0.3) is 0 Å². The Morgan fingerprint density at radius 3 is 2.96 bits per heavy atom. The van der Waals surface area contributed by atoms with Crippen LogP contribution in [0.3, 0.4) is 0 Å². The first-order valence-electron chi connectivity index (χ1n) is 7.88. The summed E-state index contributed by atoms with van der Waals surface area (Å²) >= 11 is 0. The lowest BCUT2D eigenvalue weighted by Gasteiger charge is -2.38. The molecule has 24 heavy (non-hydrogen) atoms. The van der Waals surface area contributed by atoms with Crippen molar-refractivity contribution in [1.82, 2.24) is 15.3 Å². The van der Waals surface area contributed by atoms with Gasteiger partial charge in [0.05, 0.1) is 25.3 Å². The highest BCUT2D eigenvalue weighted by molar-refractivity contribution is 5.78. The Kier molecular flexibility index (Phi) is 4.38. The van der Waals surface area contributed by atoms with Gasteiger partial charge in [0.1, 0.15) is 17.1 Å². The fourth-order valence-electron chi connectivity index (χ4n) is 2.92. The van der Waals surface area contributed by atoms with Crippen molar-refractivity contribution in [1.29, 1.82) is 0 Å². The Balaban J connectivity index is 1.80. The van der Waals surface area contributed by atoms with E-state index < -0.39 is 0 Å². The maximum absolute atomic E-state index is 12.4. The van der Waals surface area contributed by atoms with Crippen LogP contribution < -0.4 is 14.8 Å². The van der Waals surface area contributed by atoms with Gasteiger partial charge in [0.2, 0.25) is 5.91 Å². The van der Waals surface area contributed by atoms with Crippen LogP contribution in [0.5, 0.6) is 11.5 Å². The third kappa shape index (κ3) is 3.64. The molecule has 6 nitrogen and oxygen atoms in total. The molecular formula is C18H21N3O3. The van der Waals surface area contributed by atoms with Gasteiger partial charge < -0.3 is 14.8 Å². The molecule has 2 heterocycles. The largest absolute Gasteiger partial charge is 0.497 e. The second kappa shape index (κ2) is 6.47. The molecule has 1 aromatic carbocycles. The van der Waals surface area contributed by atoms with E-state index >= 15 is 0 Å². The molecule has 3 rings (SSSR count). The standard InChI is InChI=1S/C18H21N3O3/c1-18(2)10-15(14-9-13(23-3)4-5-16(14)24-18)21-17(22)8-12-11-19-6-7-20-12/h4-7,9,11,15H,8,10H2,1-3H3,(H,21,22)/t15-/m0/s1. The molecule has 0 fully saturated rings. The van der Waals surface area contributed by atoms with Crippen molar-refractivity contribution in [2.45, 2.75) is 38.3 Å². The molecule has 1 aromatic heterocycles. The highest BCUT2D eigenvalue weighted by Crippen LogP contribution is 2.41. The molecule has 126 valence electrons. The minimum atomic E-state index is -0.355. The van der Waals surface area contributed by atoms with E-state index in [1.165, 1.54) is 0 Å². The molecule has 0 unspecified atom stereocenters. The summed E-state index contributed by atoms with van der Waals surface area (Å²) in [6.45, 7) is 4.03. The smallest absolute Gasteiger partial charge is 0.226 e. The first kappa shape index (κ1) is 16.2. The van der Waals surface area contributed by atoms with Crippen molar-refractivity contribution in [2.75, 3.05) is 7.11 Å². The number of carbonyl (C=O) groups is 1. The average molecular weight is 327 g/mol. The fraction of sp³-hybridized carbons (Fsp3) is 0.389. The molecule has 1 amide bonds. The molecule has 6 heteroatoms. The maximum Gasteiger partial charge on any atom is 0.226 e. The van der Waals surface area contributed by atoms with E-state index in [-0.39, 0.29) is 24.0 Å². The van der Waals surface area contributed by atoms with Gasteiger partial charge in [-0.1, -0.05) is 0 Å². The van der Waals surface area contributed by atoms with Crippen LogP contribution in [0.2, 0.25) is 0 Å². The third-order valence-electron chi connectivity index (χ3n) is 3.97. The van der Waals surface area contributed by atoms with E-state index in [2.05, 4.69) is 15.3 Å². The van der Waals surface area contributed by atoms with Crippen LogP contribution in [0.15, 0.2) is 36.8 Å². The number of aromatic nitrogens is 2. The summed E-state index contributed by atoms with van der Waals surface area (Å²) in [5.41, 5.74) is 1.22. The predicted molar refractivity (Wildman–Crippen MR) is 88.9 cm³/mol. The molecule has 0 saturated heterocycles. The normalized spacial score (nSPS) is 18.2. The average Bonchev–Trinajstić information content (AvgIpc) is 2.54. The number of fused-ring (bicyclic) bond motifs is 1. The SMILES string of the molecule is COc1ccc2c(c1)[C@@H](NC(=O)Cc1cnccn1)CC(C)(C)O2. The minimum Gasteiger partial charge on any atom is -0.497 e. The molecule has 1 aliphatic heterocycles. The summed E-state index contributed by atoms with van der Waals surface area (Å²) in [4.78, 5) is 20.5. The van der Waals surface area contributed by atoms with Crippen LogP contribution in [-0.4, -0.2) is 28.6 Å². The maximum atomic E-state index is 12.4. The van der Waals surface area contributed by atoms with Crippen LogP contribution in [0.1, 0.15) is 37.6 Å². The minimum absolute atomic E-state index is 0.0908. The first-order valence-corrected chi connectivity index (χ1v) is 7.88. The second-order valence-corrected chi connectivity index (χ2v) is 6.46. The van der Waals surface area contributed by atoms with Crippen LogP contribution in [-0.2, 0) is 11.2 Å². The molecular weight excluding hydrogens is 306 g/mol. The molecule has 1 aliphatic rings. The second-order valence-electron chi connectivity index (χ2n) is 6.46. The van der Waals surface area contributed by atoms with Gasteiger partial charge in [-0.2, -0.15) is 0 Å². The molecule has 0 aliphatic carbocycles. The number of methoxy groups -OCH3 is 1. The van der Waals surface area contributed by atoms with Crippen molar-refractivity contribution in [2.24, 2.45) is 0 Å². The number of hydrogen-bond acceptors (Lipinski definition) is 5. The molecule has 0 radical (unpaired) electrons. The highest BCUT2D eigenvalue weighted by Gasteiger charge is 2.34. The lowest BCUT2D eigenvalue weighted by atomic mass is 9.89. The lowest BCUT2D eigenvalue weighted by Crippen LogP contribution is -2.41. The monoisotopic (exact) mass is 327 g/mol. The number of rotatable bonds is 4. The lowest BCUT2D eigenvalue weighted by molar-refractivity contribution is -0.121. The zero-order chi connectivity index (χ0) is 17.2. The summed E-state index contributed by atoms with van der Waals surface area (Å²) < 4.78 is 11.3. The number of amides is 1. The number of hydrogen-bond donors (Lipinski definition) is 1. The number of carbonyl (C=O) groups excluding carboxylic acids is 1. The van der Waals surface area contributed by atoms with E-state index in [4.69, 9.17) is 9.47 Å². The summed E-state index contributed by atoms with van der Waals surface area (Å²) in [6, 6.07) is 5.52. The van der Waals surface area contributed by atoms with Crippen molar-refractivity contribution in [3.05, 3.63) is 48.0 Å². The Morgan fingerprint density at radius 1 is 1.42 bits per heavy atom. The van der Waals surface area contributed by atoms with Gasteiger partial charge in [0.15, 0.2) is 0 Å². The predicted octanol–water partition coefficient (Wildman–Crippen LogP) is 2.45. The van der Waals surface area contributed by atoms with Crippen molar-refractivity contribution < 1.29 is 14.3 Å². The molecule has 2 aromatic rings. The van der Waals surface area contributed by atoms with Gasteiger partial charge in [0.25, 0.3) is 0 Å². The summed E-state index contributed by atoms with van der Waals surface area (Å²) in [6.07, 6.45) is 5.65. The summed E-state index contributed by atoms with van der Waals surface area (Å²) in [5.74, 6) is 1.43. The Labute approximate surface area is 141 Å². The van der Waals surface area contributed by atoms with Crippen molar-refractivity contribution in [3.63, 3.8) is 0 Å². The van der Waals surface area contributed by atoms with E-state index in [1.54, 1.807) is 25.7 Å². The van der Waals surface area contributed by atoms with Crippen molar-refractivity contribution in [3.8, 4) is 11.5 Å². The van der Waals surface area contributed by atoms with Crippen LogP contribution in [0.4, 0.5) is 0 Å². The number of nitrogens with zero attached hydrogens (tertiary/aromatic N) is 2. The van der Waals surface area contributed by atoms with Crippen LogP contribution >= 0.6 is 0 Å². The number of nitrogens with one attached hydrogen (secondary N) is 1. The molecule has 1 N–H and O–H groups in total. The van der Waals surface area contributed by atoms with Gasteiger partial charge in [-0.25, -0.2) is 0 Å². The van der Waals surface area contributed by atoms with E-state index in [1.807, 2.05) is 32.0 Å². The highest BCUT2D eigenvalue weighted by atomic mass is 16.5. The van der Waals surface area contributed by atoms with Gasteiger partial charge in [-0.3, -0.25) is 14.8 Å². The van der Waals surface area contributed by atoms with Crippen LogP contribution in [0, 0.1) is 0 Å². The zero-order valence-corrected chi connectivity index (χ0v) is 14.1. The quantitative estimate of drug-likeness (QED) is 0.934. The molecule has 0 bridgehead atoms. The van der Waals surface area contributed by atoms with E-state index in [9.17, 15) is 4.79 Å². The topological polar surface area (TPSA) is 73.3 Å². The van der Waals surface area contributed by atoms with E-state index in [0.717, 1.165) is 17.1 Å². The van der Waals surface area contributed by atoms with Gasteiger partial charge >= 0.3 is 0 Å². The number of benzene rings is 1. The summed E-state index contributed by atoms with van der Waals surface area (Å²) in [7, 11) is 1.62. The van der Waals surface area contributed by atoms with Gasteiger partial charge in [-0.15, -0.1) is 0 Å². The zero-order valence-electron chi connectivity index (χ0n) is 14.1. The van der Waals surface area contributed by atoms with Crippen molar-refractivity contribution >= 4 is 5.91 Å². The third-order valence-corrected chi connectivity index (χ3v) is 3.97.